The highest BCUT2D eigenvalue weighted by Crippen LogP contribution is 1.85. The normalized spacial score (nSPS) is 13.9. The van der Waals surface area contributed by atoms with Gasteiger partial charge in [-0.15, -0.1) is 0 Å². The van der Waals surface area contributed by atoms with Gasteiger partial charge < -0.3 is 10.2 Å². The van der Waals surface area contributed by atoms with Crippen molar-refractivity contribution in [2.45, 2.75) is 19.4 Å². The van der Waals surface area contributed by atoms with Gasteiger partial charge in [-0.3, -0.25) is 5.32 Å². The van der Waals surface area contributed by atoms with Gasteiger partial charge in [0.15, 0.2) is 0 Å². The molecule has 0 aliphatic rings. The van der Waals surface area contributed by atoms with E-state index in [-0.39, 0.29) is 19.4 Å². The quantitative estimate of drug-likeness (QED) is 0.429. The first-order chi connectivity index (χ1) is 3.81. The van der Waals surface area contributed by atoms with Gasteiger partial charge in [-0.2, -0.15) is 0 Å². The highest BCUT2D eigenvalue weighted by Gasteiger charge is 1.95. The molecule has 0 aliphatic carbocycles. The van der Waals surface area contributed by atoms with Crippen LogP contribution in [0.2, 0.25) is 0 Å². The van der Waals surface area contributed by atoms with Crippen LogP contribution in [0.5, 0.6) is 0 Å². The molecule has 3 N–H and O–H groups in total. The second kappa shape index (κ2) is 5.03. The Labute approximate surface area is 49.3 Å². The van der Waals surface area contributed by atoms with Gasteiger partial charge in [-0.05, 0) is 13.3 Å². The first-order valence-corrected chi connectivity index (χ1v) is 2.76. The Bertz CT molecular complexity index is 43.7. The molecular formula is C5H13NO2. The highest BCUT2D eigenvalue weighted by atomic mass is 16.3. The van der Waals surface area contributed by atoms with Gasteiger partial charge in [-0.1, -0.05) is 0 Å². The van der Waals surface area contributed by atoms with E-state index < -0.39 is 0 Å². The van der Waals surface area contributed by atoms with E-state index in [1.807, 2.05) is 6.92 Å². The van der Waals surface area contributed by atoms with Crippen molar-refractivity contribution >= 4 is 0 Å². The molecule has 0 fully saturated rings. The fourth-order valence-corrected chi connectivity index (χ4v) is 0.452. The molecule has 8 heavy (non-hydrogen) atoms. The van der Waals surface area contributed by atoms with Crippen LogP contribution in [0, 0.1) is 0 Å². The molecule has 0 bridgehead atoms. The lowest BCUT2D eigenvalue weighted by atomic mass is 10.2. The average molecular weight is 119 g/mol. The third kappa shape index (κ3) is 4.05. The number of hydrogen-bond acceptors (Lipinski definition) is 3. The van der Waals surface area contributed by atoms with E-state index in [0.717, 1.165) is 0 Å². The molecule has 0 radical (unpaired) electrons. The molecule has 0 aromatic heterocycles. The molecule has 0 spiro atoms. The number of aliphatic hydroxyl groups is 2. The summed E-state index contributed by atoms with van der Waals surface area (Å²) in [6.45, 7) is 2.07. The van der Waals surface area contributed by atoms with E-state index in [9.17, 15) is 0 Å². The van der Waals surface area contributed by atoms with Crippen molar-refractivity contribution in [2.24, 2.45) is 0 Å². The molecule has 0 saturated carbocycles. The summed E-state index contributed by atoms with van der Waals surface area (Å²) >= 11 is 0. The smallest absolute Gasteiger partial charge is 0.0933 e. The maximum absolute atomic E-state index is 8.34. The highest BCUT2D eigenvalue weighted by molar-refractivity contribution is 4.54. The van der Waals surface area contributed by atoms with Crippen LogP contribution in [0.25, 0.3) is 0 Å². The molecular weight excluding hydrogens is 106 g/mol. The standard InChI is InChI=1S/C5H13NO2/c1-5(2-3-7)6-4-8/h5-8H,2-4H2,1H3. The third-order valence-corrected chi connectivity index (χ3v) is 1.00. The second-order valence-corrected chi connectivity index (χ2v) is 1.78. The zero-order valence-corrected chi connectivity index (χ0v) is 5.09. The van der Waals surface area contributed by atoms with Gasteiger partial charge in [-0.25, -0.2) is 0 Å². The van der Waals surface area contributed by atoms with Crippen LogP contribution < -0.4 is 5.32 Å². The lowest BCUT2D eigenvalue weighted by Crippen LogP contribution is -2.27. The molecule has 0 rings (SSSR count). The molecule has 0 aliphatic heterocycles. The van der Waals surface area contributed by atoms with Gasteiger partial charge in [0, 0.05) is 12.6 Å². The Kier molecular flexibility index (Phi) is 4.95. The summed E-state index contributed by atoms with van der Waals surface area (Å²) in [6.07, 6.45) is 0.695. The molecule has 0 amide bonds. The van der Waals surface area contributed by atoms with E-state index in [0.29, 0.717) is 6.42 Å². The number of nitrogens with one attached hydrogen (secondary N) is 1. The minimum Gasteiger partial charge on any atom is -0.396 e. The topological polar surface area (TPSA) is 52.5 Å². The van der Waals surface area contributed by atoms with Crippen LogP contribution in [0.3, 0.4) is 0 Å². The van der Waals surface area contributed by atoms with Crippen LogP contribution in [-0.4, -0.2) is 29.6 Å². The lowest BCUT2D eigenvalue weighted by molar-refractivity contribution is 0.219. The summed E-state index contributed by atoms with van der Waals surface area (Å²) in [5.74, 6) is 0. The van der Waals surface area contributed by atoms with E-state index in [1.54, 1.807) is 0 Å². The van der Waals surface area contributed by atoms with Gasteiger partial charge in [0.2, 0.25) is 0 Å². The first kappa shape index (κ1) is 7.88. The fraction of sp³-hybridized carbons (Fsp3) is 1.00. The van der Waals surface area contributed by atoms with Crippen LogP contribution in [0.4, 0.5) is 0 Å². The van der Waals surface area contributed by atoms with Crippen molar-refractivity contribution in [3.8, 4) is 0 Å². The average Bonchev–Trinajstić information content (AvgIpc) is 1.68. The number of aliphatic hydroxyl groups excluding tert-OH is 2. The first-order valence-electron chi connectivity index (χ1n) is 2.76. The van der Waals surface area contributed by atoms with E-state index in [2.05, 4.69) is 5.32 Å². The molecule has 3 heteroatoms. The predicted octanol–water partition coefficient (Wildman–Crippen LogP) is -0.703. The van der Waals surface area contributed by atoms with Crippen LogP contribution in [0.15, 0.2) is 0 Å². The van der Waals surface area contributed by atoms with E-state index >= 15 is 0 Å². The second-order valence-electron chi connectivity index (χ2n) is 1.78. The Hall–Kier alpha value is -0.120. The predicted molar refractivity (Wildman–Crippen MR) is 31.4 cm³/mol. The molecule has 1 atom stereocenters. The van der Waals surface area contributed by atoms with Crippen molar-refractivity contribution in [3.05, 3.63) is 0 Å². The zero-order valence-electron chi connectivity index (χ0n) is 5.09. The minimum absolute atomic E-state index is 0.0127. The van der Waals surface area contributed by atoms with Gasteiger partial charge >= 0.3 is 0 Å². The summed E-state index contributed by atoms with van der Waals surface area (Å²) in [6, 6.07) is 0.213. The van der Waals surface area contributed by atoms with Crippen molar-refractivity contribution in [1.82, 2.24) is 5.32 Å². The van der Waals surface area contributed by atoms with E-state index in [4.69, 9.17) is 10.2 Å². The molecule has 0 aromatic rings. The SMILES string of the molecule is CC(CCO)NCO. The van der Waals surface area contributed by atoms with Crippen LogP contribution >= 0.6 is 0 Å². The lowest BCUT2D eigenvalue weighted by Gasteiger charge is -2.07. The van der Waals surface area contributed by atoms with Crippen LogP contribution in [-0.2, 0) is 0 Å². The van der Waals surface area contributed by atoms with Crippen molar-refractivity contribution in [3.63, 3.8) is 0 Å². The summed E-state index contributed by atoms with van der Waals surface area (Å²) in [4.78, 5) is 0. The van der Waals surface area contributed by atoms with Crippen molar-refractivity contribution in [2.75, 3.05) is 13.3 Å². The summed E-state index contributed by atoms with van der Waals surface area (Å²) in [7, 11) is 0. The Balaban J connectivity index is 2.92. The number of rotatable bonds is 4. The summed E-state index contributed by atoms with van der Waals surface area (Å²) in [5, 5.41) is 19.4. The fourth-order valence-electron chi connectivity index (χ4n) is 0.452. The largest absolute Gasteiger partial charge is 0.396 e. The summed E-state index contributed by atoms with van der Waals surface area (Å²) < 4.78 is 0. The number of hydrogen-bond donors (Lipinski definition) is 3. The van der Waals surface area contributed by atoms with Gasteiger partial charge in [0.1, 0.15) is 0 Å². The van der Waals surface area contributed by atoms with Crippen LogP contribution in [0.1, 0.15) is 13.3 Å². The molecule has 1 unspecified atom stereocenters. The van der Waals surface area contributed by atoms with E-state index in [1.165, 1.54) is 0 Å². The van der Waals surface area contributed by atoms with Gasteiger partial charge in [0.05, 0.1) is 6.73 Å². The maximum Gasteiger partial charge on any atom is 0.0933 e. The third-order valence-electron chi connectivity index (χ3n) is 1.00. The zero-order chi connectivity index (χ0) is 6.41. The van der Waals surface area contributed by atoms with Crippen molar-refractivity contribution in [1.29, 1.82) is 0 Å². The Morgan fingerprint density at radius 1 is 1.50 bits per heavy atom. The summed E-state index contributed by atoms with van der Waals surface area (Å²) in [5.41, 5.74) is 0. The van der Waals surface area contributed by atoms with Crippen molar-refractivity contribution < 1.29 is 10.2 Å². The molecule has 3 nitrogen and oxygen atoms in total. The maximum atomic E-state index is 8.34. The molecule has 0 saturated heterocycles. The Morgan fingerprint density at radius 2 is 2.12 bits per heavy atom. The molecule has 0 heterocycles. The monoisotopic (exact) mass is 119 g/mol. The molecule has 0 aromatic carbocycles. The minimum atomic E-state index is -0.0127. The van der Waals surface area contributed by atoms with Gasteiger partial charge in [0.25, 0.3) is 0 Å². The molecule has 50 valence electrons. The Morgan fingerprint density at radius 3 is 2.50 bits per heavy atom.